The van der Waals surface area contributed by atoms with Gasteiger partial charge in [-0.2, -0.15) is 4.98 Å². The summed E-state index contributed by atoms with van der Waals surface area (Å²) in [5.74, 6) is 1.86. The minimum Gasteiger partial charge on any atom is -0.476 e. The molecule has 4 nitrogen and oxygen atoms in total. The highest BCUT2D eigenvalue weighted by Gasteiger charge is 2.10. The molecule has 1 heterocycles. The molecule has 4 heteroatoms. The molecule has 21 heavy (non-hydrogen) atoms. The highest BCUT2D eigenvalue weighted by Crippen LogP contribution is 2.23. The molecule has 1 aromatic heterocycles. The summed E-state index contributed by atoms with van der Waals surface area (Å²) in [6.45, 7) is 9.30. The number of pyridine rings is 1. The Labute approximate surface area is 129 Å². The maximum absolute atomic E-state index is 5.93. The van der Waals surface area contributed by atoms with Gasteiger partial charge in [0.2, 0.25) is 5.88 Å². The third-order valence-electron chi connectivity index (χ3n) is 3.34. The minimum absolute atomic E-state index is 0.459. The van der Waals surface area contributed by atoms with Crippen LogP contribution in [0, 0.1) is 5.92 Å². The number of unbranched alkanes of at least 4 members (excludes halogenated alkanes) is 1. The van der Waals surface area contributed by atoms with Crippen LogP contribution < -0.4 is 15.8 Å². The van der Waals surface area contributed by atoms with Gasteiger partial charge in [0.05, 0.1) is 12.3 Å². The van der Waals surface area contributed by atoms with E-state index in [-0.39, 0.29) is 0 Å². The van der Waals surface area contributed by atoms with E-state index in [9.17, 15) is 0 Å². The van der Waals surface area contributed by atoms with E-state index in [1.807, 2.05) is 12.1 Å². The van der Waals surface area contributed by atoms with Crippen LogP contribution in [-0.2, 0) is 0 Å². The Hall–Kier alpha value is -1.45. The lowest BCUT2D eigenvalue weighted by Crippen LogP contribution is -2.20. The van der Waals surface area contributed by atoms with Crippen LogP contribution in [0.3, 0.4) is 0 Å². The second-order valence-electron chi connectivity index (χ2n) is 6.07. The first-order chi connectivity index (χ1) is 10.1. The Balaban J connectivity index is 2.70. The SMILES string of the molecule is CCCCC(CCC)Nc1ccc(N)c(OCC(C)C)n1. The lowest BCUT2D eigenvalue weighted by Gasteiger charge is -2.19. The van der Waals surface area contributed by atoms with Crippen LogP contribution >= 0.6 is 0 Å². The van der Waals surface area contributed by atoms with Crippen molar-refractivity contribution in [2.24, 2.45) is 5.92 Å². The molecular formula is C17H31N3O. The summed E-state index contributed by atoms with van der Waals surface area (Å²) in [6.07, 6.45) is 5.98. The predicted octanol–water partition coefficient (Wildman–Crippen LogP) is 4.47. The van der Waals surface area contributed by atoms with Crippen LogP contribution in [-0.4, -0.2) is 17.6 Å². The molecule has 1 unspecified atom stereocenters. The largest absolute Gasteiger partial charge is 0.476 e. The predicted molar refractivity (Wildman–Crippen MR) is 90.8 cm³/mol. The van der Waals surface area contributed by atoms with E-state index in [1.165, 1.54) is 25.7 Å². The number of aromatic nitrogens is 1. The number of nitrogens with zero attached hydrogens (tertiary/aromatic N) is 1. The van der Waals surface area contributed by atoms with Crippen molar-refractivity contribution in [2.75, 3.05) is 17.7 Å². The first-order valence-corrected chi connectivity index (χ1v) is 8.22. The van der Waals surface area contributed by atoms with Gasteiger partial charge < -0.3 is 15.8 Å². The summed E-state index contributed by atoms with van der Waals surface area (Å²) in [5.41, 5.74) is 6.53. The van der Waals surface area contributed by atoms with Gasteiger partial charge in [0.1, 0.15) is 5.82 Å². The van der Waals surface area contributed by atoms with Crippen molar-refractivity contribution in [1.82, 2.24) is 4.98 Å². The summed E-state index contributed by atoms with van der Waals surface area (Å²) in [4.78, 5) is 4.52. The quantitative estimate of drug-likeness (QED) is 0.668. The van der Waals surface area contributed by atoms with Crippen molar-refractivity contribution in [2.45, 2.75) is 65.8 Å². The second-order valence-corrected chi connectivity index (χ2v) is 6.07. The number of hydrogen-bond donors (Lipinski definition) is 2. The van der Waals surface area contributed by atoms with Crippen LogP contribution in [0.1, 0.15) is 59.8 Å². The van der Waals surface area contributed by atoms with E-state index < -0.39 is 0 Å². The smallest absolute Gasteiger partial charge is 0.239 e. The van der Waals surface area contributed by atoms with Gasteiger partial charge in [-0.3, -0.25) is 0 Å². The third kappa shape index (κ3) is 6.69. The van der Waals surface area contributed by atoms with Gasteiger partial charge in [0, 0.05) is 6.04 Å². The number of hydrogen-bond acceptors (Lipinski definition) is 4. The van der Waals surface area contributed by atoms with E-state index in [0.29, 0.717) is 30.1 Å². The number of nitrogens with one attached hydrogen (secondary N) is 1. The van der Waals surface area contributed by atoms with E-state index in [0.717, 1.165) is 12.2 Å². The van der Waals surface area contributed by atoms with Gasteiger partial charge >= 0.3 is 0 Å². The lowest BCUT2D eigenvalue weighted by molar-refractivity contribution is 0.263. The van der Waals surface area contributed by atoms with Crippen LogP contribution in [0.4, 0.5) is 11.5 Å². The van der Waals surface area contributed by atoms with Gasteiger partial charge in [-0.25, -0.2) is 0 Å². The molecule has 0 spiro atoms. The molecule has 0 saturated heterocycles. The fourth-order valence-electron chi connectivity index (χ4n) is 2.19. The van der Waals surface area contributed by atoms with Crippen molar-refractivity contribution in [3.05, 3.63) is 12.1 Å². The number of nitrogens with two attached hydrogens (primary N) is 1. The van der Waals surface area contributed by atoms with Crippen molar-refractivity contribution < 1.29 is 4.74 Å². The topological polar surface area (TPSA) is 60.2 Å². The molecule has 0 aliphatic rings. The minimum atomic E-state index is 0.459. The molecular weight excluding hydrogens is 262 g/mol. The highest BCUT2D eigenvalue weighted by molar-refractivity contribution is 5.53. The molecule has 0 aromatic carbocycles. The van der Waals surface area contributed by atoms with E-state index >= 15 is 0 Å². The zero-order valence-corrected chi connectivity index (χ0v) is 14.0. The molecule has 3 N–H and O–H groups in total. The number of rotatable bonds is 10. The summed E-state index contributed by atoms with van der Waals surface area (Å²) < 4.78 is 5.69. The van der Waals surface area contributed by atoms with Gasteiger partial charge in [0.25, 0.3) is 0 Å². The molecule has 120 valence electrons. The summed E-state index contributed by atoms with van der Waals surface area (Å²) in [6, 6.07) is 4.28. The van der Waals surface area contributed by atoms with Crippen LogP contribution in [0.25, 0.3) is 0 Å². The molecule has 0 radical (unpaired) electrons. The molecule has 0 aliphatic heterocycles. The fraction of sp³-hybridized carbons (Fsp3) is 0.706. The molecule has 0 aliphatic carbocycles. The van der Waals surface area contributed by atoms with E-state index in [1.54, 1.807) is 0 Å². The van der Waals surface area contributed by atoms with Crippen molar-refractivity contribution in [3.8, 4) is 5.88 Å². The van der Waals surface area contributed by atoms with E-state index in [2.05, 4.69) is 38.0 Å². The Kier molecular flexibility index (Phi) is 7.95. The fourth-order valence-corrected chi connectivity index (χ4v) is 2.19. The lowest BCUT2D eigenvalue weighted by atomic mass is 10.1. The van der Waals surface area contributed by atoms with Crippen molar-refractivity contribution in [3.63, 3.8) is 0 Å². The van der Waals surface area contributed by atoms with Crippen LogP contribution in [0.2, 0.25) is 0 Å². The molecule has 0 saturated carbocycles. The van der Waals surface area contributed by atoms with Gasteiger partial charge in [-0.05, 0) is 30.9 Å². The zero-order chi connectivity index (χ0) is 15.7. The van der Waals surface area contributed by atoms with Crippen molar-refractivity contribution >= 4 is 11.5 Å². The van der Waals surface area contributed by atoms with Crippen LogP contribution in [0.5, 0.6) is 5.88 Å². The third-order valence-corrected chi connectivity index (χ3v) is 3.34. The summed E-state index contributed by atoms with van der Waals surface area (Å²) in [5, 5.41) is 3.52. The average Bonchev–Trinajstić information content (AvgIpc) is 2.45. The summed E-state index contributed by atoms with van der Waals surface area (Å²) in [7, 11) is 0. The first-order valence-electron chi connectivity index (χ1n) is 8.22. The molecule has 1 atom stereocenters. The molecule has 0 bridgehead atoms. The normalized spacial score (nSPS) is 12.4. The first kappa shape index (κ1) is 17.6. The zero-order valence-electron chi connectivity index (χ0n) is 14.0. The Morgan fingerprint density at radius 3 is 2.57 bits per heavy atom. The number of anilines is 2. The van der Waals surface area contributed by atoms with Gasteiger partial charge in [0.15, 0.2) is 0 Å². The Bertz CT molecular complexity index is 407. The number of nitrogen functional groups attached to an aromatic ring is 1. The Morgan fingerprint density at radius 1 is 1.19 bits per heavy atom. The maximum Gasteiger partial charge on any atom is 0.239 e. The maximum atomic E-state index is 5.93. The summed E-state index contributed by atoms with van der Waals surface area (Å²) >= 11 is 0. The van der Waals surface area contributed by atoms with Gasteiger partial charge in [-0.15, -0.1) is 0 Å². The molecule has 1 rings (SSSR count). The molecule has 0 amide bonds. The second kappa shape index (κ2) is 9.48. The standard InChI is InChI=1S/C17H31N3O/c1-5-7-9-14(8-6-2)19-16-11-10-15(18)17(20-16)21-12-13(3)4/h10-11,13-14H,5-9,12,18H2,1-4H3,(H,19,20). The van der Waals surface area contributed by atoms with Crippen molar-refractivity contribution in [1.29, 1.82) is 0 Å². The van der Waals surface area contributed by atoms with E-state index in [4.69, 9.17) is 10.5 Å². The highest BCUT2D eigenvalue weighted by atomic mass is 16.5. The van der Waals surface area contributed by atoms with Crippen LogP contribution in [0.15, 0.2) is 12.1 Å². The number of ether oxygens (including phenoxy) is 1. The Morgan fingerprint density at radius 2 is 1.95 bits per heavy atom. The van der Waals surface area contributed by atoms with Gasteiger partial charge in [-0.1, -0.05) is 47.0 Å². The molecule has 1 aromatic rings. The monoisotopic (exact) mass is 293 g/mol. The average molecular weight is 293 g/mol. The molecule has 0 fully saturated rings.